The normalized spacial score (nSPS) is 21.1. The Hall–Kier alpha value is -0.440. The van der Waals surface area contributed by atoms with Gasteiger partial charge in [-0.2, -0.15) is 0 Å². The molecule has 19 heavy (non-hydrogen) atoms. The monoisotopic (exact) mass is 300 g/mol. The number of benzene rings is 1. The molecule has 1 fully saturated rings. The zero-order valence-electron chi connectivity index (χ0n) is 11.5. The third-order valence-electron chi connectivity index (χ3n) is 3.59. The maximum absolute atomic E-state index is 6.03. The van der Waals surface area contributed by atoms with Crippen molar-refractivity contribution in [3.8, 4) is 0 Å². The van der Waals surface area contributed by atoms with E-state index in [9.17, 15) is 0 Å². The standard InChI is InChI=1S/C15H22Cl2N2/c1-2-6-19-7-3-4-14(5-8-19)18-15-10-12(16)9-13(17)11-15/h9-11,14,18H,2-8H2,1H3. The van der Waals surface area contributed by atoms with Crippen molar-refractivity contribution >= 4 is 28.9 Å². The minimum Gasteiger partial charge on any atom is -0.382 e. The minimum absolute atomic E-state index is 0.524. The molecule has 1 saturated heterocycles. The zero-order valence-corrected chi connectivity index (χ0v) is 13.0. The molecule has 106 valence electrons. The van der Waals surface area contributed by atoms with Crippen LogP contribution in [0.1, 0.15) is 32.6 Å². The van der Waals surface area contributed by atoms with Gasteiger partial charge in [-0.3, -0.25) is 0 Å². The van der Waals surface area contributed by atoms with Gasteiger partial charge in [-0.15, -0.1) is 0 Å². The highest BCUT2D eigenvalue weighted by Gasteiger charge is 2.16. The predicted octanol–water partition coefficient (Wildman–Crippen LogP) is 4.67. The fourth-order valence-corrected chi connectivity index (χ4v) is 3.24. The van der Waals surface area contributed by atoms with Crippen LogP contribution in [-0.2, 0) is 0 Å². The minimum atomic E-state index is 0.524. The number of likely N-dealkylation sites (tertiary alicyclic amines) is 1. The first-order chi connectivity index (χ1) is 9.17. The van der Waals surface area contributed by atoms with E-state index >= 15 is 0 Å². The average molecular weight is 301 g/mol. The first-order valence-corrected chi connectivity index (χ1v) is 7.88. The van der Waals surface area contributed by atoms with Crippen LogP contribution < -0.4 is 5.32 Å². The number of anilines is 1. The second-order valence-corrected chi connectivity index (χ2v) is 6.14. The molecule has 0 saturated carbocycles. The van der Waals surface area contributed by atoms with Gasteiger partial charge in [0.1, 0.15) is 0 Å². The van der Waals surface area contributed by atoms with Gasteiger partial charge in [0.25, 0.3) is 0 Å². The molecule has 2 nitrogen and oxygen atoms in total. The van der Waals surface area contributed by atoms with Gasteiger partial charge in [0.05, 0.1) is 0 Å². The van der Waals surface area contributed by atoms with Gasteiger partial charge in [-0.05, 0) is 57.0 Å². The van der Waals surface area contributed by atoms with Crippen molar-refractivity contribution in [3.05, 3.63) is 28.2 Å². The Morgan fingerprint density at radius 3 is 2.58 bits per heavy atom. The molecule has 2 rings (SSSR count). The van der Waals surface area contributed by atoms with Crippen molar-refractivity contribution in [2.75, 3.05) is 25.0 Å². The van der Waals surface area contributed by atoms with Crippen LogP contribution in [0, 0.1) is 0 Å². The van der Waals surface area contributed by atoms with Crippen LogP contribution in [0.3, 0.4) is 0 Å². The summed E-state index contributed by atoms with van der Waals surface area (Å²) in [5.41, 5.74) is 1.03. The number of halogens is 2. The average Bonchev–Trinajstić information content (AvgIpc) is 2.54. The maximum atomic E-state index is 6.03. The number of nitrogens with zero attached hydrogens (tertiary/aromatic N) is 1. The topological polar surface area (TPSA) is 15.3 Å². The Morgan fingerprint density at radius 1 is 1.16 bits per heavy atom. The predicted molar refractivity (Wildman–Crippen MR) is 84.5 cm³/mol. The summed E-state index contributed by atoms with van der Waals surface area (Å²) in [5, 5.41) is 4.95. The van der Waals surface area contributed by atoms with Crippen LogP contribution in [-0.4, -0.2) is 30.6 Å². The van der Waals surface area contributed by atoms with Crippen LogP contribution in [0.2, 0.25) is 10.0 Å². The molecule has 4 heteroatoms. The lowest BCUT2D eigenvalue weighted by atomic mass is 10.1. The summed E-state index contributed by atoms with van der Waals surface area (Å²) in [7, 11) is 0. The van der Waals surface area contributed by atoms with Crippen LogP contribution in [0.4, 0.5) is 5.69 Å². The van der Waals surface area contributed by atoms with Gasteiger partial charge >= 0.3 is 0 Å². The van der Waals surface area contributed by atoms with E-state index < -0.39 is 0 Å². The highest BCUT2D eigenvalue weighted by molar-refractivity contribution is 6.35. The largest absolute Gasteiger partial charge is 0.382 e. The second-order valence-electron chi connectivity index (χ2n) is 5.27. The molecule has 1 aromatic rings. The molecular weight excluding hydrogens is 279 g/mol. The molecule has 1 N–H and O–H groups in total. The van der Waals surface area contributed by atoms with Crippen molar-refractivity contribution in [2.24, 2.45) is 0 Å². The summed E-state index contributed by atoms with van der Waals surface area (Å²) >= 11 is 12.1. The van der Waals surface area contributed by atoms with Crippen LogP contribution in [0.5, 0.6) is 0 Å². The number of hydrogen-bond donors (Lipinski definition) is 1. The van der Waals surface area contributed by atoms with Crippen molar-refractivity contribution in [1.82, 2.24) is 4.90 Å². The molecule has 0 amide bonds. The summed E-state index contributed by atoms with van der Waals surface area (Å²) in [4.78, 5) is 2.56. The van der Waals surface area contributed by atoms with E-state index in [0.717, 1.165) is 5.69 Å². The molecule has 0 spiro atoms. The molecule has 0 aromatic heterocycles. The molecule has 0 aliphatic carbocycles. The molecular formula is C15H22Cl2N2. The van der Waals surface area contributed by atoms with Crippen LogP contribution in [0.25, 0.3) is 0 Å². The zero-order chi connectivity index (χ0) is 13.7. The summed E-state index contributed by atoms with van der Waals surface area (Å²) in [6, 6.07) is 6.19. The Balaban J connectivity index is 1.92. The first-order valence-electron chi connectivity index (χ1n) is 7.12. The van der Waals surface area contributed by atoms with E-state index in [0.29, 0.717) is 16.1 Å². The number of nitrogens with one attached hydrogen (secondary N) is 1. The maximum Gasteiger partial charge on any atom is 0.0441 e. The lowest BCUT2D eigenvalue weighted by molar-refractivity contribution is 0.285. The molecule has 0 radical (unpaired) electrons. The third-order valence-corrected chi connectivity index (χ3v) is 4.03. The summed E-state index contributed by atoms with van der Waals surface area (Å²) in [6.07, 6.45) is 4.89. The molecule has 1 aliphatic rings. The number of hydrogen-bond acceptors (Lipinski definition) is 2. The smallest absolute Gasteiger partial charge is 0.0441 e. The Kier molecular flexibility index (Phi) is 5.80. The van der Waals surface area contributed by atoms with Crippen molar-refractivity contribution in [3.63, 3.8) is 0 Å². The molecule has 1 heterocycles. The van der Waals surface area contributed by atoms with Crippen LogP contribution in [0.15, 0.2) is 18.2 Å². The van der Waals surface area contributed by atoms with Gasteiger partial charge in [0, 0.05) is 28.3 Å². The van der Waals surface area contributed by atoms with Gasteiger partial charge < -0.3 is 10.2 Å². The summed E-state index contributed by atoms with van der Waals surface area (Å²) in [5.74, 6) is 0. The Labute approximate surface area is 126 Å². The Morgan fingerprint density at radius 2 is 1.89 bits per heavy atom. The number of rotatable bonds is 4. The summed E-state index contributed by atoms with van der Waals surface area (Å²) in [6.45, 7) is 5.87. The van der Waals surface area contributed by atoms with Gasteiger partial charge in [-0.1, -0.05) is 30.1 Å². The molecule has 1 unspecified atom stereocenters. The van der Waals surface area contributed by atoms with Crippen molar-refractivity contribution < 1.29 is 0 Å². The van der Waals surface area contributed by atoms with E-state index in [-0.39, 0.29) is 0 Å². The van der Waals surface area contributed by atoms with Gasteiger partial charge in [-0.25, -0.2) is 0 Å². The quantitative estimate of drug-likeness (QED) is 0.869. The molecule has 1 atom stereocenters. The van der Waals surface area contributed by atoms with E-state index in [2.05, 4.69) is 17.1 Å². The highest BCUT2D eigenvalue weighted by atomic mass is 35.5. The van der Waals surface area contributed by atoms with E-state index in [1.807, 2.05) is 12.1 Å². The fourth-order valence-electron chi connectivity index (χ4n) is 2.71. The van der Waals surface area contributed by atoms with Crippen molar-refractivity contribution in [2.45, 2.75) is 38.6 Å². The van der Waals surface area contributed by atoms with E-state index in [4.69, 9.17) is 23.2 Å². The molecule has 1 aromatic carbocycles. The molecule has 1 aliphatic heterocycles. The third kappa shape index (κ3) is 4.87. The highest BCUT2D eigenvalue weighted by Crippen LogP contribution is 2.24. The van der Waals surface area contributed by atoms with Crippen molar-refractivity contribution in [1.29, 1.82) is 0 Å². The fraction of sp³-hybridized carbons (Fsp3) is 0.600. The SMILES string of the molecule is CCCN1CCCC(Nc2cc(Cl)cc(Cl)c2)CC1. The lowest BCUT2D eigenvalue weighted by Gasteiger charge is -2.20. The van der Waals surface area contributed by atoms with E-state index in [1.165, 1.54) is 45.3 Å². The molecule has 0 bridgehead atoms. The van der Waals surface area contributed by atoms with Gasteiger partial charge in [0.2, 0.25) is 0 Å². The Bertz CT molecular complexity index is 389. The van der Waals surface area contributed by atoms with Crippen LogP contribution >= 0.6 is 23.2 Å². The second kappa shape index (κ2) is 7.37. The summed E-state index contributed by atoms with van der Waals surface area (Å²) < 4.78 is 0. The lowest BCUT2D eigenvalue weighted by Crippen LogP contribution is -2.27. The van der Waals surface area contributed by atoms with E-state index in [1.54, 1.807) is 6.07 Å². The van der Waals surface area contributed by atoms with Gasteiger partial charge in [0.15, 0.2) is 0 Å². The first kappa shape index (κ1) is 15.0.